The number of nitrogens with zero attached hydrogens (tertiary/aromatic N) is 1. The number of hydrogen-bond donors (Lipinski definition) is 0. The van der Waals surface area contributed by atoms with Crippen LogP contribution in [-0.4, -0.2) is 27.1 Å². The van der Waals surface area contributed by atoms with E-state index < -0.39 is 8.07 Å². The van der Waals surface area contributed by atoms with Gasteiger partial charge >= 0.3 is 0 Å². The molecule has 0 heterocycles. The molecule has 122 valence electrons. The van der Waals surface area contributed by atoms with Crippen LogP contribution in [0.1, 0.15) is 0 Å². The van der Waals surface area contributed by atoms with Gasteiger partial charge in [-0.15, -0.1) is 0 Å². The van der Waals surface area contributed by atoms with Gasteiger partial charge in [0.15, 0.2) is 8.07 Å². The lowest BCUT2D eigenvalue weighted by Gasteiger charge is -2.32. The third-order valence-corrected chi connectivity index (χ3v) is 11.5. The maximum absolute atomic E-state index is 3.88. The van der Waals surface area contributed by atoms with Gasteiger partial charge in [-0.2, -0.15) is 0 Å². The molecule has 1 nitrogen and oxygen atoms in total. The molecule has 0 radical (unpaired) electrons. The van der Waals surface area contributed by atoms with E-state index in [0.29, 0.717) is 0 Å². The second-order valence-electron chi connectivity index (χ2n) is 6.21. The van der Waals surface area contributed by atoms with Crippen molar-refractivity contribution in [1.29, 1.82) is 0 Å². The molecule has 0 saturated carbocycles. The van der Waals surface area contributed by atoms with Crippen LogP contribution < -0.4 is 20.5 Å². The Morgan fingerprint density at radius 3 is 1.46 bits per heavy atom. The summed E-state index contributed by atoms with van der Waals surface area (Å²) in [4.78, 5) is 3.11. The van der Waals surface area contributed by atoms with Crippen LogP contribution in [0.4, 0.5) is 5.69 Å². The topological polar surface area (TPSA) is 3.24 Å². The first kappa shape index (κ1) is 17.0. The lowest BCUT2D eigenvalue weighted by molar-refractivity contribution is 1.13. The second-order valence-corrected chi connectivity index (χ2v) is 11.7. The third-order valence-electron chi connectivity index (χ3n) is 4.61. The molecule has 0 spiro atoms. The highest BCUT2D eigenvalue weighted by Crippen LogP contribution is 2.14. The van der Waals surface area contributed by atoms with E-state index in [9.17, 15) is 0 Å². The molecule has 3 rings (SSSR count). The number of rotatable bonds is 5. The number of hydrogen-bond acceptors (Lipinski definition) is 1. The maximum Gasteiger partial charge on any atom is 0.158 e. The fourth-order valence-corrected chi connectivity index (χ4v) is 9.86. The molecule has 0 atom stereocenters. The van der Waals surface area contributed by atoms with E-state index >= 15 is 0 Å². The highest BCUT2D eigenvalue weighted by atomic mass is 79.9. The predicted molar refractivity (Wildman–Crippen MR) is 112 cm³/mol. The Labute approximate surface area is 154 Å². The Kier molecular flexibility index (Phi) is 5.22. The summed E-state index contributed by atoms with van der Waals surface area (Å²) in [5.74, 6) is 0. The lowest BCUT2D eigenvalue weighted by Crippen LogP contribution is -2.68. The molecular weight excluding hydrogens is 374 g/mol. The quantitative estimate of drug-likeness (QED) is 0.364. The monoisotopic (exact) mass is 395 g/mol. The number of halogens is 1. The minimum absolute atomic E-state index is 0.968. The van der Waals surface area contributed by atoms with Gasteiger partial charge in [0.05, 0.1) is 0 Å². The molecule has 0 amide bonds. The highest BCUT2D eigenvalue weighted by molar-refractivity contribution is 9.09. The second kappa shape index (κ2) is 7.37. The van der Waals surface area contributed by atoms with Gasteiger partial charge in [-0.3, -0.25) is 0 Å². The molecule has 0 saturated heterocycles. The predicted octanol–water partition coefficient (Wildman–Crippen LogP) is 3.16. The first-order valence-corrected chi connectivity index (χ1v) is 11.5. The average Bonchev–Trinajstić information content (AvgIpc) is 2.65. The summed E-state index contributed by atoms with van der Waals surface area (Å²) in [6.07, 6.45) is 0. The van der Waals surface area contributed by atoms with Crippen LogP contribution in [0, 0.1) is 0 Å². The SMILES string of the molecule is CN(C)c1ccc([Si](CBr)(c2ccccc2)c2ccccc2)cc1. The molecule has 3 heteroatoms. The van der Waals surface area contributed by atoms with Crippen molar-refractivity contribution >= 4 is 45.3 Å². The van der Waals surface area contributed by atoms with Crippen molar-refractivity contribution in [2.24, 2.45) is 0 Å². The van der Waals surface area contributed by atoms with Crippen LogP contribution in [-0.2, 0) is 0 Å². The molecule has 0 bridgehead atoms. The lowest BCUT2D eigenvalue weighted by atomic mass is 10.3. The first-order valence-electron chi connectivity index (χ1n) is 8.13. The van der Waals surface area contributed by atoms with Gasteiger partial charge in [0.1, 0.15) is 0 Å². The summed E-state index contributed by atoms with van der Waals surface area (Å²) in [5.41, 5.74) is 1.23. The van der Waals surface area contributed by atoms with Crippen LogP contribution in [0.2, 0.25) is 0 Å². The van der Waals surface area contributed by atoms with E-state index in [-0.39, 0.29) is 0 Å². The molecule has 0 aromatic heterocycles. The van der Waals surface area contributed by atoms with Crippen molar-refractivity contribution in [2.75, 3.05) is 23.9 Å². The molecule has 3 aromatic rings. The van der Waals surface area contributed by atoms with Crippen molar-refractivity contribution in [3.63, 3.8) is 0 Å². The van der Waals surface area contributed by atoms with E-state index in [2.05, 4.69) is 120 Å². The van der Waals surface area contributed by atoms with E-state index in [4.69, 9.17) is 0 Å². The zero-order chi connectivity index (χ0) is 17.0. The van der Waals surface area contributed by atoms with Gasteiger partial charge in [0.2, 0.25) is 0 Å². The summed E-state index contributed by atoms with van der Waals surface area (Å²) < 4.78 is 0. The summed E-state index contributed by atoms with van der Waals surface area (Å²) >= 11 is 3.88. The molecule has 0 aliphatic rings. The normalized spacial score (nSPS) is 11.3. The maximum atomic E-state index is 3.88. The largest absolute Gasteiger partial charge is 0.378 e. The molecule has 0 aliphatic carbocycles. The highest BCUT2D eigenvalue weighted by Gasteiger charge is 2.38. The van der Waals surface area contributed by atoms with Crippen LogP contribution in [0.5, 0.6) is 0 Å². The molecule has 0 unspecified atom stereocenters. The molecule has 3 aromatic carbocycles. The Bertz CT molecular complexity index is 730. The molecule has 0 aliphatic heterocycles. The first-order chi connectivity index (χ1) is 11.7. The van der Waals surface area contributed by atoms with E-state index in [1.54, 1.807) is 0 Å². The van der Waals surface area contributed by atoms with Crippen LogP contribution >= 0.6 is 15.9 Å². The Hall–Kier alpha value is -1.84. The van der Waals surface area contributed by atoms with Gasteiger partial charge in [0, 0.05) is 24.7 Å². The van der Waals surface area contributed by atoms with E-state index in [1.807, 2.05) is 0 Å². The summed E-state index contributed by atoms with van der Waals surface area (Å²) in [7, 11) is 2.11. The molecule has 0 N–H and O–H groups in total. The molecule has 24 heavy (non-hydrogen) atoms. The minimum Gasteiger partial charge on any atom is -0.378 e. The number of anilines is 1. The van der Waals surface area contributed by atoms with Crippen LogP contribution in [0.3, 0.4) is 0 Å². The average molecular weight is 396 g/mol. The Morgan fingerprint density at radius 2 is 1.08 bits per heavy atom. The summed E-state index contributed by atoms with van der Waals surface area (Å²) in [6.45, 7) is 0. The van der Waals surface area contributed by atoms with Crippen LogP contribution in [0.15, 0.2) is 84.9 Å². The van der Waals surface area contributed by atoms with E-state index in [1.165, 1.54) is 21.2 Å². The smallest absolute Gasteiger partial charge is 0.158 e. The minimum atomic E-state index is -2.06. The van der Waals surface area contributed by atoms with Gasteiger partial charge in [-0.25, -0.2) is 0 Å². The number of alkyl halides is 1. The van der Waals surface area contributed by atoms with Crippen molar-refractivity contribution < 1.29 is 0 Å². The van der Waals surface area contributed by atoms with Crippen molar-refractivity contribution in [2.45, 2.75) is 0 Å². The van der Waals surface area contributed by atoms with Gasteiger partial charge in [-0.1, -0.05) is 88.7 Å². The van der Waals surface area contributed by atoms with Gasteiger partial charge in [0.25, 0.3) is 0 Å². The van der Waals surface area contributed by atoms with Gasteiger partial charge in [-0.05, 0) is 27.7 Å². The van der Waals surface area contributed by atoms with E-state index in [0.717, 1.165) is 4.95 Å². The number of benzene rings is 3. The van der Waals surface area contributed by atoms with Gasteiger partial charge < -0.3 is 4.90 Å². The van der Waals surface area contributed by atoms with Crippen molar-refractivity contribution in [1.82, 2.24) is 0 Å². The zero-order valence-corrected chi connectivity index (χ0v) is 16.7. The van der Waals surface area contributed by atoms with Crippen molar-refractivity contribution in [3.8, 4) is 0 Å². The molecule has 0 fully saturated rings. The Morgan fingerprint density at radius 1 is 0.667 bits per heavy atom. The summed E-state index contributed by atoms with van der Waals surface area (Å²) in [5, 5.41) is 4.30. The Balaban J connectivity index is 2.22. The summed E-state index contributed by atoms with van der Waals surface area (Å²) in [6, 6.07) is 31.0. The van der Waals surface area contributed by atoms with Crippen molar-refractivity contribution in [3.05, 3.63) is 84.9 Å². The fraction of sp³-hybridized carbons (Fsp3) is 0.143. The fourth-order valence-electron chi connectivity index (χ4n) is 3.22. The standard InChI is InChI=1S/C21H22BrNSi/c1-23(2)18-13-15-21(16-14-18)24(17-22,19-9-5-3-6-10-19)20-11-7-4-8-12-20/h3-16H,17H2,1-2H3. The third kappa shape index (κ3) is 3.06. The van der Waals surface area contributed by atoms with Crippen LogP contribution in [0.25, 0.3) is 0 Å². The molecular formula is C21H22BrNSi. The zero-order valence-electron chi connectivity index (χ0n) is 14.1.